The van der Waals surface area contributed by atoms with Crippen molar-refractivity contribution >= 4 is 5.97 Å². The fourth-order valence-corrected chi connectivity index (χ4v) is 1.68. The van der Waals surface area contributed by atoms with Crippen molar-refractivity contribution in [1.29, 1.82) is 0 Å². The number of hydrogen-bond acceptors (Lipinski definition) is 4. The molecule has 0 aliphatic carbocycles. The molecule has 2 aromatic heterocycles. The third kappa shape index (κ3) is 3.77. The number of pyridine rings is 2. The van der Waals surface area contributed by atoms with Gasteiger partial charge in [0.25, 0.3) is 0 Å². The Labute approximate surface area is 110 Å². The highest BCUT2D eigenvalue weighted by atomic mass is 16.5. The van der Waals surface area contributed by atoms with E-state index in [9.17, 15) is 4.79 Å². The van der Waals surface area contributed by atoms with Gasteiger partial charge in [0.2, 0.25) is 0 Å². The third-order valence-corrected chi connectivity index (χ3v) is 2.59. The van der Waals surface area contributed by atoms with Gasteiger partial charge in [0.05, 0.1) is 6.61 Å². The molecule has 0 aromatic carbocycles. The SMILES string of the molecule is O=C(O)c1ncccc1OCCCc1ccncc1. The van der Waals surface area contributed by atoms with Gasteiger partial charge in [-0.15, -0.1) is 0 Å². The fraction of sp³-hybridized carbons (Fsp3) is 0.214. The number of rotatable bonds is 6. The van der Waals surface area contributed by atoms with Gasteiger partial charge in [-0.2, -0.15) is 0 Å². The van der Waals surface area contributed by atoms with Crippen molar-refractivity contribution in [2.24, 2.45) is 0 Å². The van der Waals surface area contributed by atoms with Crippen molar-refractivity contribution in [3.8, 4) is 5.75 Å². The third-order valence-electron chi connectivity index (χ3n) is 2.59. The summed E-state index contributed by atoms with van der Waals surface area (Å²) < 4.78 is 5.46. The van der Waals surface area contributed by atoms with Gasteiger partial charge < -0.3 is 9.84 Å². The molecule has 0 radical (unpaired) electrons. The smallest absolute Gasteiger partial charge is 0.358 e. The van der Waals surface area contributed by atoms with Crippen LogP contribution in [0.1, 0.15) is 22.5 Å². The van der Waals surface area contributed by atoms with E-state index < -0.39 is 5.97 Å². The summed E-state index contributed by atoms with van der Waals surface area (Å²) in [5.41, 5.74) is 1.13. The molecule has 0 saturated carbocycles. The number of aryl methyl sites for hydroxylation is 1. The minimum Gasteiger partial charge on any atom is -0.491 e. The molecule has 19 heavy (non-hydrogen) atoms. The number of nitrogens with zero attached hydrogens (tertiary/aromatic N) is 2. The average Bonchev–Trinajstić information content (AvgIpc) is 2.45. The normalized spacial score (nSPS) is 10.1. The Morgan fingerprint density at radius 2 is 2.00 bits per heavy atom. The molecule has 0 fully saturated rings. The second kappa shape index (κ2) is 6.49. The number of carbonyl (C=O) groups is 1. The minimum atomic E-state index is -1.08. The van der Waals surface area contributed by atoms with Crippen LogP contribution in [0.2, 0.25) is 0 Å². The molecule has 2 rings (SSSR count). The molecule has 98 valence electrons. The molecule has 0 spiro atoms. The van der Waals surface area contributed by atoms with Crippen molar-refractivity contribution in [3.05, 3.63) is 54.1 Å². The molecule has 5 heteroatoms. The van der Waals surface area contributed by atoms with Crippen LogP contribution in [0.25, 0.3) is 0 Å². The molecule has 2 heterocycles. The summed E-state index contributed by atoms with van der Waals surface area (Å²) in [5.74, 6) is -0.769. The molecular formula is C14H14N2O3. The zero-order valence-electron chi connectivity index (χ0n) is 10.3. The van der Waals surface area contributed by atoms with E-state index in [1.807, 2.05) is 12.1 Å². The van der Waals surface area contributed by atoms with Crippen LogP contribution in [-0.4, -0.2) is 27.7 Å². The molecule has 1 N–H and O–H groups in total. The van der Waals surface area contributed by atoms with Gasteiger partial charge in [-0.25, -0.2) is 9.78 Å². The highest BCUT2D eigenvalue weighted by molar-refractivity contribution is 5.88. The van der Waals surface area contributed by atoms with Crippen LogP contribution in [0.5, 0.6) is 5.75 Å². The first-order valence-electron chi connectivity index (χ1n) is 5.97. The van der Waals surface area contributed by atoms with Crippen LogP contribution in [0.4, 0.5) is 0 Å². The minimum absolute atomic E-state index is 0.0496. The quantitative estimate of drug-likeness (QED) is 0.804. The van der Waals surface area contributed by atoms with Gasteiger partial charge in [-0.3, -0.25) is 4.98 Å². The maximum Gasteiger partial charge on any atom is 0.358 e. The van der Waals surface area contributed by atoms with Gasteiger partial charge >= 0.3 is 5.97 Å². The fourth-order valence-electron chi connectivity index (χ4n) is 1.68. The summed E-state index contributed by atoms with van der Waals surface area (Å²) in [4.78, 5) is 18.7. The maximum absolute atomic E-state index is 10.9. The summed E-state index contributed by atoms with van der Waals surface area (Å²) in [6, 6.07) is 7.17. The summed E-state index contributed by atoms with van der Waals surface area (Å²) in [5, 5.41) is 8.95. The summed E-state index contributed by atoms with van der Waals surface area (Å²) in [7, 11) is 0. The highest BCUT2D eigenvalue weighted by Gasteiger charge is 2.11. The largest absolute Gasteiger partial charge is 0.491 e. The lowest BCUT2D eigenvalue weighted by molar-refractivity contribution is 0.0685. The topological polar surface area (TPSA) is 72.3 Å². The first-order chi connectivity index (χ1) is 9.27. The second-order valence-electron chi connectivity index (χ2n) is 3.96. The number of aromatic carboxylic acids is 1. The van der Waals surface area contributed by atoms with E-state index >= 15 is 0 Å². The van der Waals surface area contributed by atoms with Crippen LogP contribution in [0.3, 0.4) is 0 Å². The Hall–Kier alpha value is -2.43. The van der Waals surface area contributed by atoms with Gasteiger partial charge in [-0.05, 0) is 42.7 Å². The van der Waals surface area contributed by atoms with Crippen LogP contribution in [0, 0.1) is 0 Å². The van der Waals surface area contributed by atoms with Crippen molar-refractivity contribution in [1.82, 2.24) is 9.97 Å². The Morgan fingerprint density at radius 1 is 1.21 bits per heavy atom. The van der Waals surface area contributed by atoms with E-state index in [0.717, 1.165) is 12.8 Å². The summed E-state index contributed by atoms with van der Waals surface area (Å²) in [6.45, 7) is 0.453. The molecule has 5 nitrogen and oxygen atoms in total. The number of carboxylic acid groups (broad SMARTS) is 1. The predicted molar refractivity (Wildman–Crippen MR) is 69.2 cm³/mol. The summed E-state index contributed by atoms with van der Waals surface area (Å²) >= 11 is 0. The molecule has 0 amide bonds. The molecule has 0 atom stereocenters. The Morgan fingerprint density at radius 3 is 2.74 bits per heavy atom. The zero-order valence-corrected chi connectivity index (χ0v) is 10.3. The lowest BCUT2D eigenvalue weighted by Gasteiger charge is -2.07. The first kappa shape index (κ1) is 13.0. The molecule has 2 aromatic rings. The van der Waals surface area contributed by atoms with E-state index in [-0.39, 0.29) is 5.69 Å². The van der Waals surface area contributed by atoms with Gasteiger partial charge in [-0.1, -0.05) is 0 Å². The van der Waals surface area contributed by atoms with Crippen LogP contribution in [-0.2, 0) is 6.42 Å². The van der Waals surface area contributed by atoms with Crippen molar-refractivity contribution in [2.75, 3.05) is 6.61 Å². The predicted octanol–water partition coefficient (Wildman–Crippen LogP) is 2.19. The average molecular weight is 258 g/mol. The monoisotopic (exact) mass is 258 g/mol. The zero-order chi connectivity index (χ0) is 13.5. The van der Waals surface area contributed by atoms with Gasteiger partial charge in [0.1, 0.15) is 0 Å². The molecule has 0 aliphatic heterocycles. The van der Waals surface area contributed by atoms with Crippen LogP contribution < -0.4 is 4.74 Å². The number of carboxylic acids is 1. The van der Waals surface area contributed by atoms with Gasteiger partial charge in [0.15, 0.2) is 11.4 Å². The van der Waals surface area contributed by atoms with Crippen molar-refractivity contribution in [2.45, 2.75) is 12.8 Å². The molecule has 0 bridgehead atoms. The first-order valence-corrected chi connectivity index (χ1v) is 5.97. The lowest BCUT2D eigenvalue weighted by Crippen LogP contribution is -2.07. The Kier molecular flexibility index (Phi) is 4.44. The van der Waals surface area contributed by atoms with Crippen molar-refractivity contribution in [3.63, 3.8) is 0 Å². The van der Waals surface area contributed by atoms with Crippen molar-refractivity contribution < 1.29 is 14.6 Å². The number of ether oxygens (including phenoxy) is 1. The van der Waals surface area contributed by atoms with E-state index in [4.69, 9.17) is 9.84 Å². The molecule has 0 saturated heterocycles. The molecule has 0 aliphatic rings. The Balaban J connectivity index is 1.85. The highest BCUT2D eigenvalue weighted by Crippen LogP contribution is 2.15. The molecule has 0 unspecified atom stereocenters. The van der Waals surface area contributed by atoms with Crippen LogP contribution in [0.15, 0.2) is 42.9 Å². The number of aromatic nitrogens is 2. The standard InChI is InChI=1S/C14H14N2O3/c17-14(18)13-12(4-1-7-16-13)19-10-2-3-11-5-8-15-9-6-11/h1,4-9H,2-3,10H2,(H,17,18). The summed E-state index contributed by atoms with van der Waals surface area (Å²) in [6.07, 6.45) is 6.61. The van der Waals surface area contributed by atoms with E-state index in [1.54, 1.807) is 24.5 Å². The lowest BCUT2D eigenvalue weighted by atomic mass is 10.1. The van der Waals surface area contributed by atoms with E-state index in [2.05, 4.69) is 9.97 Å². The number of hydrogen-bond donors (Lipinski definition) is 1. The van der Waals surface area contributed by atoms with E-state index in [0.29, 0.717) is 12.4 Å². The second-order valence-corrected chi connectivity index (χ2v) is 3.96. The van der Waals surface area contributed by atoms with Crippen LogP contribution >= 0.6 is 0 Å². The maximum atomic E-state index is 10.9. The van der Waals surface area contributed by atoms with E-state index in [1.165, 1.54) is 11.8 Å². The molecular weight excluding hydrogens is 244 g/mol. The van der Waals surface area contributed by atoms with Gasteiger partial charge in [0, 0.05) is 18.6 Å². The Bertz CT molecular complexity index is 543.